The minimum atomic E-state index is -0.822. The second-order valence-electron chi connectivity index (χ2n) is 4.29. The minimum absolute atomic E-state index is 0.383. The first-order chi connectivity index (χ1) is 10.1. The lowest BCUT2D eigenvalue weighted by molar-refractivity contribution is -0.136. The number of carboxylic acids is 1. The van der Waals surface area contributed by atoms with Crippen molar-refractivity contribution >= 4 is 17.7 Å². The fourth-order valence-corrected chi connectivity index (χ4v) is 2.55. The summed E-state index contributed by atoms with van der Waals surface area (Å²) in [5.74, 6) is 1.22. The molecule has 0 amide bonds. The molecule has 2 aromatic rings. The summed E-state index contributed by atoms with van der Waals surface area (Å²) in [7, 11) is 1.60. The number of methoxy groups -OCH3 is 1. The van der Waals surface area contributed by atoms with Gasteiger partial charge in [0, 0.05) is 5.56 Å². The third kappa shape index (κ3) is 3.98. The van der Waals surface area contributed by atoms with E-state index in [9.17, 15) is 4.79 Å². The number of carboxylic acid groups (broad SMARTS) is 1. The van der Waals surface area contributed by atoms with Crippen LogP contribution in [0.4, 0.5) is 0 Å². The zero-order chi connectivity index (χ0) is 15.2. The molecule has 0 fully saturated rings. The predicted molar refractivity (Wildman–Crippen MR) is 79.3 cm³/mol. The average molecular weight is 308 g/mol. The van der Waals surface area contributed by atoms with Gasteiger partial charge in [0.2, 0.25) is 11.7 Å². The minimum Gasteiger partial charge on any atom is -0.497 e. The molecule has 0 aliphatic rings. The van der Waals surface area contributed by atoms with Crippen molar-refractivity contribution in [1.29, 1.82) is 0 Å². The van der Waals surface area contributed by atoms with Crippen molar-refractivity contribution in [3.8, 4) is 17.1 Å². The van der Waals surface area contributed by atoms with Crippen LogP contribution in [0.15, 0.2) is 28.8 Å². The first-order valence-electron chi connectivity index (χ1n) is 6.45. The van der Waals surface area contributed by atoms with Gasteiger partial charge in [-0.15, -0.1) is 11.8 Å². The summed E-state index contributed by atoms with van der Waals surface area (Å²) < 4.78 is 10.2. The molecule has 1 N–H and O–H groups in total. The van der Waals surface area contributed by atoms with Gasteiger partial charge in [0.1, 0.15) is 11.0 Å². The Balaban J connectivity index is 2.02. The van der Waals surface area contributed by atoms with E-state index in [0.717, 1.165) is 11.3 Å². The monoisotopic (exact) mass is 308 g/mol. The van der Waals surface area contributed by atoms with Crippen LogP contribution >= 0.6 is 11.8 Å². The molecular formula is C14H16N2O4S. The van der Waals surface area contributed by atoms with E-state index in [0.29, 0.717) is 23.9 Å². The molecule has 0 radical (unpaired) electrons. The summed E-state index contributed by atoms with van der Waals surface area (Å²) in [6, 6.07) is 7.31. The molecule has 1 heterocycles. The number of aliphatic carboxylic acids is 1. The van der Waals surface area contributed by atoms with Crippen LogP contribution in [0.2, 0.25) is 0 Å². The predicted octanol–water partition coefficient (Wildman–Crippen LogP) is 2.84. The molecule has 0 spiro atoms. The molecule has 1 unspecified atom stereocenters. The molecule has 0 saturated heterocycles. The van der Waals surface area contributed by atoms with E-state index >= 15 is 0 Å². The number of benzene rings is 1. The summed E-state index contributed by atoms with van der Waals surface area (Å²) in [5, 5.41) is 12.4. The third-order valence-corrected chi connectivity index (χ3v) is 4.22. The van der Waals surface area contributed by atoms with E-state index in [1.807, 2.05) is 31.2 Å². The Bertz CT molecular complexity index is 597. The van der Waals surface area contributed by atoms with E-state index < -0.39 is 11.2 Å². The standard InChI is InChI=1S/C14H16N2O4S/c1-3-11(14(17)18)21-8-12-15-13(16-20-12)9-4-6-10(19-2)7-5-9/h4-7,11H,3,8H2,1-2H3,(H,17,18). The third-order valence-electron chi connectivity index (χ3n) is 2.87. The fourth-order valence-electron chi connectivity index (χ4n) is 1.71. The first kappa shape index (κ1) is 15.4. The first-order valence-corrected chi connectivity index (χ1v) is 7.50. The topological polar surface area (TPSA) is 85.5 Å². The van der Waals surface area contributed by atoms with Crippen LogP contribution in [0.25, 0.3) is 11.4 Å². The molecule has 112 valence electrons. The molecule has 21 heavy (non-hydrogen) atoms. The Morgan fingerprint density at radius 3 is 2.71 bits per heavy atom. The second-order valence-corrected chi connectivity index (χ2v) is 5.48. The lowest BCUT2D eigenvalue weighted by Gasteiger charge is -2.06. The summed E-state index contributed by atoms with van der Waals surface area (Å²) in [6.45, 7) is 1.84. The van der Waals surface area contributed by atoms with Crippen LogP contribution in [0.1, 0.15) is 19.2 Å². The van der Waals surface area contributed by atoms with E-state index in [2.05, 4.69) is 10.1 Å². The van der Waals surface area contributed by atoms with Gasteiger partial charge >= 0.3 is 5.97 Å². The maximum absolute atomic E-state index is 10.9. The molecule has 0 aliphatic heterocycles. The molecule has 1 aromatic carbocycles. The van der Waals surface area contributed by atoms with Gasteiger partial charge in [0.15, 0.2) is 0 Å². The molecule has 1 aromatic heterocycles. The van der Waals surface area contributed by atoms with Gasteiger partial charge < -0.3 is 14.4 Å². The molecule has 0 saturated carbocycles. The lowest BCUT2D eigenvalue weighted by atomic mass is 10.2. The van der Waals surface area contributed by atoms with Crippen LogP contribution in [0.3, 0.4) is 0 Å². The van der Waals surface area contributed by atoms with Crippen LogP contribution in [0.5, 0.6) is 5.75 Å². The molecule has 0 aliphatic carbocycles. The van der Waals surface area contributed by atoms with Crippen molar-refractivity contribution in [3.63, 3.8) is 0 Å². The number of nitrogens with zero attached hydrogens (tertiary/aromatic N) is 2. The van der Waals surface area contributed by atoms with Gasteiger partial charge in [-0.3, -0.25) is 4.79 Å². The average Bonchev–Trinajstić information content (AvgIpc) is 2.96. The van der Waals surface area contributed by atoms with Crippen molar-refractivity contribution in [2.45, 2.75) is 24.3 Å². The van der Waals surface area contributed by atoms with E-state index in [4.69, 9.17) is 14.4 Å². The maximum atomic E-state index is 10.9. The zero-order valence-electron chi connectivity index (χ0n) is 11.8. The number of hydrogen-bond acceptors (Lipinski definition) is 6. The van der Waals surface area contributed by atoms with Gasteiger partial charge in [-0.1, -0.05) is 12.1 Å². The Morgan fingerprint density at radius 1 is 1.43 bits per heavy atom. The van der Waals surface area contributed by atoms with E-state index in [1.165, 1.54) is 11.8 Å². The van der Waals surface area contributed by atoms with Crippen molar-refractivity contribution < 1.29 is 19.2 Å². The smallest absolute Gasteiger partial charge is 0.316 e. The number of aromatic nitrogens is 2. The quantitative estimate of drug-likeness (QED) is 0.841. The molecule has 1 atom stereocenters. The molecule has 2 rings (SSSR count). The van der Waals surface area contributed by atoms with E-state index in [-0.39, 0.29) is 0 Å². The molecule has 6 nitrogen and oxygen atoms in total. The Kier molecular flexibility index (Phi) is 5.21. The highest BCUT2D eigenvalue weighted by Crippen LogP contribution is 2.23. The van der Waals surface area contributed by atoms with Crippen LogP contribution in [-0.2, 0) is 10.5 Å². The number of thioether (sulfide) groups is 1. The molecule has 7 heteroatoms. The number of rotatable bonds is 7. The Hall–Kier alpha value is -2.02. The summed E-state index contributed by atoms with van der Waals surface area (Å²) in [4.78, 5) is 15.2. The summed E-state index contributed by atoms with van der Waals surface area (Å²) in [5.41, 5.74) is 0.820. The highest BCUT2D eigenvalue weighted by molar-refractivity contribution is 7.99. The van der Waals surface area contributed by atoms with Gasteiger partial charge in [0.05, 0.1) is 12.9 Å². The van der Waals surface area contributed by atoms with Crippen molar-refractivity contribution in [2.75, 3.05) is 7.11 Å². The van der Waals surface area contributed by atoms with Gasteiger partial charge in [-0.05, 0) is 30.7 Å². The van der Waals surface area contributed by atoms with Gasteiger partial charge in [0.25, 0.3) is 0 Å². The van der Waals surface area contributed by atoms with Crippen LogP contribution in [-0.4, -0.2) is 33.6 Å². The normalized spacial score (nSPS) is 12.1. The number of hydrogen-bond donors (Lipinski definition) is 1. The zero-order valence-corrected chi connectivity index (χ0v) is 12.6. The second kappa shape index (κ2) is 7.12. The van der Waals surface area contributed by atoms with Gasteiger partial charge in [-0.2, -0.15) is 4.98 Å². The highest BCUT2D eigenvalue weighted by atomic mass is 32.2. The van der Waals surface area contributed by atoms with Crippen molar-refractivity contribution in [3.05, 3.63) is 30.2 Å². The Morgan fingerprint density at radius 2 is 2.14 bits per heavy atom. The Labute approximate surface area is 126 Å². The maximum Gasteiger partial charge on any atom is 0.316 e. The van der Waals surface area contributed by atoms with E-state index in [1.54, 1.807) is 7.11 Å². The SMILES string of the molecule is CCC(SCc1nc(-c2ccc(OC)cc2)no1)C(=O)O. The molecular weight excluding hydrogens is 292 g/mol. The summed E-state index contributed by atoms with van der Waals surface area (Å²) >= 11 is 1.28. The number of ether oxygens (including phenoxy) is 1. The van der Waals surface area contributed by atoms with Gasteiger partial charge in [-0.25, -0.2) is 0 Å². The molecule has 0 bridgehead atoms. The highest BCUT2D eigenvalue weighted by Gasteiger charge is 2.17. The van der Waals surface area contributed by atoms with Crippen LogP contribution in [0, 0.1) is 0 Å². The van der Waals surface area contributed by atoms with Crippen LogP contribution < -0.4 is 4.74 Å². The number of carbonyl (C=O) groups is 1. The lowest BCUT2D eigenvalue weighted by Crippen LogP contribution is -2.15. The van der Waals surface area contributed by atoms with Crippen molar-refractivity contribution in [1.82, 2.24) is 10.1 Å². The summed E-state index contributed by atoms with van der Waals surface area (Å²) in [6.07, 6.45) is 0.555. The van der Waals surface area contributed by atoms with Crippen molar-refractivity contribution in [2.24, 2.45) is 0 Å². The fraction of sp³-hybridized carbons (Fsp3) is 0.357. The largest absolute Gasteiger partial charge is 0.497 e.